The predicted molar refractivity (Wildman–Crippen MR) is 68.6 cm³/mol. The summed E-state index contributed by atoms with van der Waals surface area (Å²) in [6.07, 6.45) is 2.71. The number of thioether (sulfide) groups is 1. The van der Waals surface area contributed by atoms with Crippen LogP contribution in [0.3, 0.4) is 0 Å². The minimum Gasteiger partial charge on any atom is -0.468 e. The zero-order valence-corrected chi connectivity index (χ0v) is 10.1. The van der Waals surface area contributed by atoms with Crippen molar-refractivity contribution >= 4 is 11.8 Å². The van der Waals surface area contributed by atoms with E-state index in [1.165, 1.54) is 10.5 Å². The number of hydrazine groups is 1. The molecule has 0 aliphatic carbocycles. The Morgan fingerprint density at radius 1 is 1.29 bits per heavy atom. The molecule has 1 aromatic carbocycles. The van der Waals surface area contributed by atoms with Crippen LogP contribution in [0.1, 0.15) is 17.4 Å². The Kier molecular flexibility index (Phi) is 2.93. The van der Waals surface area contributed by atoms with Crippen molar-refractivity contribution < 1.29 is 4.42 Å². The summed E-state index contributed by atoms with van der Waals surface area (Å²) in [7, 11) is 0. The van der Waals surface area contributed by atoms with E-state index in [0.29, 0.717) is 5.25 Å². The third-order valence-electron chi connectivity index (χ3n) is 3.07. The molecule has 1 aromatic heterocycles. The normalized spacial score (nSPS) is 20.2. The second kappa shape index (κ2) is 4.56. The third-order valence-corrected chi connectivity index (χ3v) is 4.47. The lowest BCUT2D eigenvalue weighted by molar-refractivity contribution is 0.409. The molecular weight excluding hydrogens is 232 g/mol. The monoisotopic (exact) mass is 246 g/mol. The van der Waals surface area contributed by atoms with Gasteiger partial charge in [0, 0.05) is 10.1 Å². The first-order chi connectivity index (χ1) is 8.38. The molecule has 0 spiro atoms. The van der Waals surface area contributed by atoms with Crippen LogP contribution in [0.5, 0.6) is 0 Å². The topological polar surface area (TPSA) is 51.2 Å². The molecule has 2 unspecified atom stereocenters. The van der Waals surface area contributed by atoms with E-state index in [1.807, 2.05) is 23.9 Å². The first-order valence-corrected chi connectivity index (χ1v) is 6.50. The van der Waals surface area contributed by atoms with E-state index in [4.69, 9.17) is 10.3 Å². The van der Waals surface area contributed by atoms with Crippen molar-refractivity contribution in [2.75, 3.05) is 0 Å². The fourth-order valence-electron chi connectivity index (χ4n) is 2.24. The summed E-state index contributed by atoms with van der Waals surface area (Å²) < 4.78 is 5.44. The highest BCUT2D eigenvalue weighted by Crippen LogP contribution is 2.42. The number of rotatable bonds is 3. The van der Waals surface area contributed by atoms with Gasteiger partial charge in [0.25, 0.3) is 0 Å². The van der Waals surface area contributed by atoms with Gasteiger partial charge in [0.2, 0.25) is 0 Å². The van der Waals surface area contributed by atoms with Gasteiger partial charge in [-0.1, -0.05) is 18.2 Å². The van der Waals surface area contributed by atoms with Crippen LogP contribution in [-0.2, 0) is 6.42 Å². The molecule has 17 heavy (non-hydrogen) atoms. The molecule has 0 saturated heterocycles. The lowest BCUT2D eigenvalue weighted by Gasteiger charge is -2.19. The molecule has 0 saturated carbocycles. The van der Waals surface area contributed by atoms with Gasteiger partial charge in [-0.3, -0.25) is 5.84 Å². The van der Waals surface area contributed by atoms with Gasteiger partial charge in [-0.05, 0) is 30.2 Å². The van der Waals surface area contributed by atoms with Gasteiger partial charge >= 0.3 is 0 Å². The minimum absolute atomic E-state index is 0.0578. The fraction of sp³-hybridized carbons (Fsp3) is 0.231. The summed E-state index contributed by atoms with van der Waals surface area (Å²) in [4.78, 5) is 1.35. The van der Waals surface area contributed by atoms with Crippen molar-refractivity contribution in [2.45, 2.75) is 22.6 Å². The van der Waals surface area contributed by atoms with Crippen LogP contribution < -0.4 is 11.3 Å². The highest BCUT2D eigenvalue weighted by atomic mass is 32.2. The quantitative estimate of drug-likeness (QED) is 0.645. The highest BCUT2D eigenvalue weighted by Gasteiger charge is 2.31. The molecule has 0 radical (unpaired) electrons. The Balaban J connectivity index is 1.83. The van der Waals surface area contributed by atoms with Gasteiger partial charge in [0.15, 0.2) is 0 Å². The average Bonchev–Trinajstić information content (AvgIpc) is 2.98. The number of hydrogen-bond donors (Lipinski definition) is 2. The number of hydrogen-bond acceptors (Lipinski definition) is 4. The Bertz CT molecular complexity index is 473. The van der Waals surface area contributed by atoms with Crippen LogP contribution in [0.2, 0.25) is 0 Å². The summed E-state index contributed by atoms with van der Waals surface area (Å²) in [5, 5.41) is 0.392. The van der Waals surface area contributed by atoms with Gasteiger partial charge < -0.3 is 4.42 Å². The van der Waals surface area contributed by atoms with Crippen molar-refractivity contribution in [2.24, 2.45) is 5.84 Å². The maximum absolute atomic E-state index is 5.66. The lowest BCUT2D eigenvalue weighted by atomic mass is 10.0. The van der Waals surface area contributed by atoms with Crippen molar-refractivity contribution in [3.8, 4) is 0 Å². The molecule has 3 rings (SSSR count). The average molecular weight is 246 g/mol. The molecule has 4 heteroatoms. The largest absolute Gasteiger partial charge is 0.468 e. The van der Waals surface area contributed by atoms with Gasteiger partial charge in [-0.15, -0.1) is 11.8 Å². The second-order valence-corrected chi connectivity index (χ2v) is 5.41. The van der Waals surface area contributed by atoms with Crippen LogP contribution in [0.4, 0.5) is 0 Å². The molecule has 2 atom stereocenters. The first kappa shape index (κ1) is 10.9. The Labute approximate surface area is 104 Å². The van der Waals surface area contributed by atoms with E-state index in [-0.39, 0.29) is 6.04 Å². The Morgan fingerprint density at radius 2 is 2.18 bits per heavy atom. The fourth-order valence-corrected chi connectivity index (χ4v) is 3.63. The van der Waals surface area contributed by atoms with Crippen LogP contribution >= 0.6 is 11.8 Å². The Hall–Kier alpha value is -1.23. The zero-order chi connectivity index (χ0) is 11.7. The number of benzene rings is 1. The lowest BCUT2D eigenvalue weighted by Crippen LogP contribution is -2.34. The van der Waals surface area contributed by atoms with E-state index in [9.17, 15) is 0 Å². The summed E-state index contributed by atoms with van der Waals surface area (Å²) in [6, 6.07) is 12.4. The molecule has 88 valence electrons. The molecule has 1 aliphatic heterocycles. The highest BCUT2D eigenvalue weighted by molar-refractivity contribution is 8.00. The van der Waals surface area contributed by atoms with E-state index in [0.717, 1.165) is 12.2 Å². The molecule has 3 N–H and O–H groups in total. The van der Waals surface area contributed by atoms with E-state index in [2.05, 4.69) is 29.7 Å². The summed E-state index contributed by atoms with van der Waals surface area (Å²) >= 11 is 1.86. The van der Waals surface area contributed by atoms with Crippen molar-refractivity contribution in [3.63, 3.8) is 0 Å². The van der Waals surface area contributed by atoms with Crippen molar-refractivity contribution in [1.29, 1.82) is 0 Å². The summed E-state index contributed by atoms with van der Waals surface area (Å²) in [6.45, 7) is 0. The van der Waals surface area contributed by atoms with Gasteiger partial charge in [-0.2, -0.15) is 0 Å². The van der Waals surface area contributed by atoms with Crippen molar-refractivity contribution in [3.05, 3.63) is 54.0 Å². The number of nitrogens with one attached hydrogen (secondary N) is 1. The molecule has 2 heterocycles. The maximum atomic E-state index is 5.66. The number of nitrogens with two attached hydrogens (primary N) is 1. The van der Waals surface area contributed by atoms with E-state index < -0.39 is 0 Å². The first-order valence-electron chi connectivity index (χ1n) is 5.62. The third kappa shape index (κ3) is 1.99. The van der Waals surface area contributed by atoms with E-state index in [1.54, 1.807) is 6.26 Å². The second-order valence-electron chi connectivity index (χ2n) is 4.13. The number of fused-ring (bicyclic) bond motifs is 1. The predicted octanol–water partition coefficient (Wildman–Crippen LogP) is 2.50. The van der Waals surface area contributed by atoms with Crippen molar-refractivity contribution in [1.82, 2.24) is 5.43 Å². The number of furan rings is 1. The minimum atomic E-state index is 0.0578. The van der Waals surface area contributed by atoms with Crippen LogP contribution in [0.25, 0.3) is 0 Å². The van der Waals surface area contributed by atoms with Crippen LogP contribution in [0, 0.1) is 0 Å². The summed E-state index contributed by atoms with van der Waals surface area (Å²) in [5.74, 6) is 6.56. The molecular formula is C13H14N2OS. The Morgan fingerprint density at radius 3 is 2.88 bits per heavy atom. The maximum Gasteiger partial charge on any atom is 0.123 e. The van der Waals surface area contributed by atoms with Crippen LogP contribution in [0.15, 0.2) is 52.0 Å². The molecule has 2 aromatic rings. The van der Waals surface area contributed by atoms with Crippen LogP contribution in [-0.4, -0.2) is 5.25 Å². The molecule has 1 aliphatic rings. The molecule has 0 bridgehead atoms. The zero-order valence-electron chi connectivity index (χ0n) is 9.30. The summed E-state index contributed by atoms with van der Waals surface area (Å²) in [5.41, 5.74) is 4.26. The smallest absolute Gasteiger partial charge is 0.123 e. The van der Waals surface area contributed by atoms with E-state index >= 15 is 0 Å². The standard InChI is InChI=1S/C13H14N2OS/c14-15-13(10-5-3-7-16-10)12-8-9-4-1-2-6-11(9)17-12/h1-7,12-13,15H,8,14H2. The molecule has 0 fully saturated rings. The van der Waals surface area contributed by atoms with Gasteiger partial charge in [-0.25, -0.2) is 5.43 Å². The van der Waals surface area contributed by atoms with Gasteiger partial charge in [0.1, 0.15) is 5.76 Å². The SMILES string of the molecule is NNC(c1ccco1)C1Cc2ccccc2S1. The van der Waals surface area contributed by atoms with Gasteiger partial charge in [0.05, 0.1) is 12.3 Å². The molecule has 0 amide bonds. The molecule has 3 nitrogen and oxygen atoms in total.